The summed E-state index contributed by atoms with van der Waals surface area (Å²) in [7, 11) is -4.78. The SMILES string of the molecule is C[C@]12CCC3C(C1CC=C2O[Si](C)(C)C)[C@H](O[Si](C)(C)C)C[C@H]1C[C@@H](O[Si](C)(C)C)CC[C@]31C. The van der Waals surface area contributed by atoms with Crippen molar-refractivity contribution in [3.05, 3.63) is 11.8 Å². The Morgan fingerprint density at radius 2 is 1.41 bits per heavy atom. The highest BCUT2D eigenvalue weighted by Gasteiger charge is 2.62. The Balaban J connectivity index is 1.63. The Morgan fingerprint density at radius 3 is 2.00 bits per heavy atom. The third-order valence-corrected chi connectivity index (χ3v) is 12.4. The van der Waals surface area contributed by atoms with Crippen molar-refractivity contribution >= 4 is 25.0 Å². The van der Waals surface area contributed by atoms with E-state index >= 15 is 0 Å². The van der Waals surface area contributed by atoms with Crippen LogP contribution in [0, 0.1) is 34.5 Å². The van der Waals surface area contributed by atoms with Crippen LogP contribution in [0.2, 0.25) is 58.9 Å². The van der Waals surface area contributed by atoms with E-state index < -0.39 is 25.0 Å². The van der Waals surface area contributed by atoms with Crippen LogP contribution in [0.3, 0.4) is 0 Å². The molecule has 196 valence electrons. The van der Waals surface area contributed by atoms with E-state index in [4.69, 9.17) is 13.3 Å². The van der Waals surface area contributed by atoms with E-state index in [0.717, 1.165) is 11.8 Å². The molecule has 0 aromatic carbocycles. The highest BCUT2D eigenvalue weighted by atomic mass is 28.4. The van der Waals surface area contributed by atoms with Crippen molar-refractivity contribution in [3.8, 4) is 0 Å². The van der Waals surface area contributed by atoms with Crippen LogP contribution < -0.4 is 0 Å². The number of fused-ring (bicyclic) bond motifs is 5. The van der Waals surface area contributed by atoms with Gasteiger partial charge in [-0.2, -0.15) is 0 Å². The first-order valence-electron chi connectivity index (χ1n) is 14.2. The van der Waals surface area contributed by atoms with E-state index in [0.29, 0.717) is 29.5 Å². The lowest BCUT2D eigenvalue weighted by Crippen LogP contribution is -2.60. The molecule has 6 heteroatoms. The Morgan fingerprint density at radius 1 is 0.765 bits per heavy atom. The maximum atomic E-state index is 7.12. The summed E-state index contributed by atoms with van der Waals surface area (Å²) >= 11 is 0. The molecular formula is C28H54O3Si3. The zero-order valence-corrected chi connectivity index (χ0v) is 27.2. The Hall–Kier alpha value is 0.111. The molecule has 0 aromatic rings. The molecule has 0 amide bonds. The molecule has 0 bridgehead atoms. The van der Waals surface area contributed by atoms with Gasteiger partial charge in [-0.25, -0.2) is 0 Å². The fourth-order valence-corrected chi connectivity index (χ4v) is 11.7. The molecule has 4 aliphatic rings. The fraction of sp³-hybridized carbons (Fsp3) is 0.929. The van der Waals surface area contributed by atoms with Crippen molar-refractivity contribution in [3.63, 3.8) is 0 Å². The van der Waals surface area contributed by atoms with Gasteiger partial charge in [0, 0.05) is 17.6 Å². The summed E-state index contributed by atoms with van der Waals surface area (Å²) in [5.41, 5.74) is 0.636. The van der Waals surface area contributed by atoms with E-state index in [1.165, 1.54) is 50.7 Å². The standard InChI is InChI=1S/C28H54O3Si3/c1-27-16-14-21(29-32(3,4)5)18-20(27)19-24(30-33(6,7)8)26-22-12-13-25(31-34(9,10)11)28(22,2)17-15-23(26)27/h13,20-24,26H,12,14-19H2,1-11H3/t20-,21+,22?,23?,24-,26?,27+,28+/m1/s1. The smallest absolute Gasteiger partial charge is 0.241 e. The van der Waals surface area contributed by atoms with Crippen molar-refractivity contribution in [1.29, 1.82) is 0 Å². The van der Waals surface area contributed by atoms with Crippen molar-refractivity contribution in [2.45, 2.75) is 130 Å². The molecule has 3 unspecified atom stereocenters. The maximum Gasteiger partial charge on any atom is 0.241 e. The average Bonchev–Trinajstić information content (AvgIpc) is 2.95. The summed E-state index contributed by atoms with van der Waals surface area (Å²) in [6, 6.07) is 0. The summed E-state index contributed by atoms with van der Waals surface area (Å²) < 4.78 is 20.5. The third kappa shape index (κ3) is 5.37. The van der Waals surface area contributed by atoms with Crippen LogP contribution in [0.4, 0.5) is 0 Å². The lowest BCUT2D eigenvalue weighted by Gasteiger charge is -2.63. The van der Waals surface area contributed by atoms with Gasteiger partial charge in [-0.15, -0.1) is 0 Å². The lowest BCUT2D eigenvalue weighted by molar-refractivity contribution is -0.162. The Labute approximate surface area is 214 Å². The van der Waals surface area contributed by atoms with E-state index in [1.54, 1.807) is 0 Å². The quantitative estimate of drug-likeness (QED) is 0.328. The second-order valence-electron chi connectivity index (χ2n) is 15.6. The van der Waals surface area contributed by atoms with Gasteiger partial charge in [0.1, 0.15) is 0 Å². The van der Waals surface area contributed by atoms with Crippen molar-refractivity contribution < 1.29 is 13.3 Å². The molecular weight excluding hydrogens is 469 g/mol. The van der Waals surface area contributed by atoms with Gasteiger partial charge in [0.15, 0.2) is 16.6 Å². The minimum atomic E-state index is -1.65. The van der Waals surface area contributed by atoms with Crippen LogP contribution >= 0.6 is 0 Å². The topological polar surface area (TPSA) is 27.7 Å². The van der Waals surface area contributed by atoms with E-state index in [-0.39, 0.29) is 5.41 Å². The van der Waals surface area contributed by atoms with Crippen LogP contribution in [0.15, 0.2) is 11.8 Å². The van der Waals surface area contributed by atoms with Crippen LogP contribution in [0.5, 0.6) is 0 Å². The second-order valence-corrected chi connectivity index (χ2v) is 28.9. The monoisotopic (exact) mass is 522 g/mol. The maximum absolute atomic E-state index is 7.12. The molecule has 0 spiro atoms. The van der Waals surface area contributed by atoms with Gasteiger partial charge in [0.25, 0.3) is 0 Å². The molecule has 4 rings (SSSR count). The predicted octanol–water partition coefficient (Wildman–Crippen LogP) is 8.42. The fourth-order valence-electron chi connectivity index (χ4n) is 8.36. The summed E-state index contributed by atoms with van der Waals surface area (Å²) in [6.07, 6.45) is 12.2. The summed E-state index contributed by atoms with van der Waals surface area (Å²) in [5, 5.41) is 0. The first-order chi connectivity index (χ1) is 15.4. The second kappa shape index (κ2) is 8.85. The zero-order valence-electron chi connectivity index (χ0n) is 24.2. The number of allylic oxidation sites excluding steroid dienone is 2. The first-order valence-corrected chi connectivity index (χ1v) is 24.4. The van der Waals surface area contributed by atoms with E-state index in [1.807, 2.05) is 0 Å². The highest BCUT2D eigenvalue weighted by molar-refractivity contribution is 6.70. The third-order valence-electron chi connectivity index (χ3n) is 9.56. The van der Waals surface area contributed by atoms with Crippen LogP contribution in [0.25, 0.3) is 0 Å². The van der Waals surface area contributed by atoms with Gasteiger partial charge in [0.05, 0.1) is 5.76 Å². The molecule has 0 aromatic heterocycles. The number of rotatable bonds is 6. The highest BCUT2D eigenvalue weighted by Crippen LogP contribution is 2.67. The van der Waals surface area contributed by atoms with Crippen LogP contribution in [0.1, 0.15) is 58.8 Å². The molecule has 8 atom stereocenters. The van der Waals surface area contributed by atoms with Gasteiger partial charge < -0.3 is 13.3 Å². The van der Waals surface area contributed by atoms with Gasteiger partial charge in [-0.3, -0.25) is 0 Å². The molecule has 0 saturated heterocycles. The van der Waals surface area contributed by atoms with Crippen molar-refractivity contribution in [2.24, 2.45) is 34.5 Å². The number of hydrogen-bond acceptors (Lipinski definition) is 3. The molecule has 4 aliphatic carbocycles. The molecule has 34 heavy (non-hydrogen) atoms. The van der Waals surface area contributed by atoms with Crippen LogP contribution in [-0.4, -0.2) is 37.2 Å². The molecule has 0 heterocycles. The molecule has 0 aliphatic heterocycles. The van der Waals surface area contributed by atoms with Crippen LogP contribution in [-0.2, 0) is 13.3 Å². The van der Waals surface area contributed by atoms with Crippen molar-refractivity contribution in [1.82, 2.24) is 0 Å². The average molecular weight is 523 g/mol. The summed E-state index contributed by atoms with van der Waals surface area (Å²) in [4.78, 5) is 0. The predicted molar refractivity (Wildman–Crippen MR) is 151 cm³/mol. The molecule has 3 saturated carbocycles. The normalized spacial score (nSPS) is 43.0. The van der Waals surface area contributed by atoms with Gasteiger partial charge in [-0.05, 0) is 139 Å². The minimum absolute atomic E-state index is 0.198. The van der Waals surface area contributed by atoms with E-state index in [9.17, 15) is 0 Å². The van der Waals surface area contributed by atoms with Gasteiger partial charge in [-0.1, -0.05) is 13.8 Å². The molecule has 3 nitrogen and oxygen atoms in total. The summed E-state index contributed by atoms with van der Waals surface area (Å²) in [5.74, 6) is 4.19. The minimum Gasteiger partial charge on any atom is -0.547 e. The Kier molecular flexibility index (Phi) is 7.07. The molecule has 3 fully saturated rings. The van der Waals surface area contributed by atoms with Crippen molar-refractivity contribution in [2.75, 3.05) is 0 Å². The van der Waals surface area contributed by atoms with Gasteiger partial charge >= 0.3 is 0 Å². The molecule has 0 radical (unpaired) electrons. The number of hydrogen-bond donors (Lipinski definition) is 0. The Bertz CT molecular complexity index is 792. The van der Waals surface area contributed by atoms with E-state index in [2.05, 4.69) is 78.8 Å². The lowest BCUT2D eigenvalue weighted by atomic mass is 9.44. The zero-order chi connectivity index (χ0) is 25.3. The first kappa shape index (κ1) is 27.2. The van der Waals surface area contributed by atoms with Gasteiger partial charge in [0.2, 0.25) is 8.32 Å². The molecule has 0 N–H and O–H groups in total. The largest absolute Gasteiger partial charge is 0.547 e. The summed E-state index contributed by atoms with van der Waals surface area (Å²) in [6.45, 7) is 26.4.